The lowest BCUT2D eigenvalue weighted by Gasteiger charge is -2.46. The van der Waals surface area contributed by atoms with Crippen LogP contribution in [-0.4, -0.2) is 47.8 Å². The van der Waals surface area contributed by atoms with Gasteiger partial charge in [0, 0.05) is 55.6 Å². The maximum absolute atomic E-state index is 12.3. The van der Waals surface area contributed by atoms with Gasteiger partial charge in [0.05, 0.1) is 0 Å². The lowest BCUT2D eigenvalue weighted by Crippen LogP contribution is -2.59. The molecule has 0 spiro atoms. The minimum atomic E-state index is 0.187. The number of piperidine rings is 2. The number of hydrogen-bond acceptors (Lipinski definition) is 3. The normalized spacial score (nSPS) is 27.3. The van der Waals surface area contributed by atoms with E-state index in [0.29, 0.717) is 11.8 Å². The molecule has 0 amide bonds. The van der Waals surface area contributed by atoms with Crippen molar-refractivity contribution in [2.45, 2.75) is 26.4 Å². The molecule has 2 atom stereocenters. The van der Waals surface area contributed by atoms with Crippen LogP contribution in [0.1, 0.15) is 19.4 Å². The Labute approximate surface area is 131 Å². The largest absolute Gasteiger partial charge is 0.299 e. The molecule has 0 N–H and O–H groups in total. The first-order valence-corrected chi connectivity index (χ1v) is 8.15. The molecule has 114 valence electrons. The minimum absolute atomic E-state index is 0.187. The summed E-state index contributed by atoms with van der Waals surface area (Å²) in [6, 6.07) is 8.57. The second-order valence-corrected chi connectivity index (χ2v) is 7.10. The van der Waals surface area contributed by atoms with E-state index in [4.69, 9.17) is 11.6 Å². The first-order valence-electron chi connectivity index (χ1n) is 7.77. The molecule has 0 saturated carbocycles. The van der Waals surface area contributed by atoms with E-state index < -0.39 is 0 Å². The van der Waals surface area contributed by atoms with E-state index in [2.05, 4.69) is 35.8 Å². The number of fused-ring (bicyclic) bond motifs is 2. The predicted molar refractivity (Wildman–Crippen MR) is 85.4 cm³/mol. The SMILES string of the molecule is CC(C)N1C[C@H]2CN(Cc3ccc(Cl)cc3)C[C@@H](C1)C2=O. The number of nitrogens with zero attached hydrogens (tertiary/aromatic N) is 2. The van der Waals surface area contributed by atoms with E-state index in [1.165, 1.54) is 5.56 Å². The number of rotatable bonds is 3. The van der Waals surface area contributed by atoms with Crippen molar-refractivity contribution in [3.05, 3.63) is 34.9 Å². The average molecular weight is 307 g/mol. The highest BCUT2D eigenvalue weighted by Gasteiger charge is 2.41. The number of ketones is 1. The highest BCUT2D eigenvalue weighted by Crippen LogP contribution is 2.27. The van der Waals surface area contributed by atoms with E-state index in [1.807, 2.05) is 12.1 Å². The lowest BCUT2D eigenvalue weighted by atomic mass is 9.82. The molecule has 2 aliphatic heterocycles. The number of carbonyl (C=O) groups excluding carboxylic acids is 1. The van der Waals surface area contributed by atoms with Crippen molar-refractivity contribution in [1.82, 2.24) is 9.80 Å². The maximum atomic E-state index is 12.3. The summed E-state index contributed by atoms with van der Waals surface area (Å²) in [5.41, 5.74) is 1.27. The Hall–Kier alpha value is -0.900. The molecule has 2 aliphatic rings. The standard InChI is InChI=1S/C17H23ClN2O/c1-12(2)20-10-14-8-19(9-15(11-20)17(14)21)7-13-3-5-16(18)6-4-13/h3-6,12,14-15H,7-11H2,1-2H3/t14-,15+. The van der Waals surface area contributed by atoms with Crippen molar-refractivity contribution in [2.24, 2.45) is 11.8 Å². The molecule has 0 unspecified atom stereocenters. The van der Waals surface area contributed by atoms with Crippen LogP contribution in [0.15, 0.2) is 24.3 Å². The molecule has 21 heavy (non-hydrogen) atoms. The van der Waals surface area contributed by atoms with Crippen LogP contribution in [0.25, 0.3) is 0 Å². The van der Waals surface area contributed by atoms with Crippen LogP contribution < -0.4 is 0 Å². The summed E-state index contributed by atoms with van der Waals surface area (Å²) >= 11 is 5.93. The highest BCUT2D eigenvalue weighted by molar-refractivity contribution is 6.30. The smallest absolute Gasteiger partial charge is 0.144 e. The van der Waals surface area contributed by atoms with Gasteiger partial charge >= 0.3 is 0 Å². The first-order chi connectivity index (χ1) is 10.0. The van der Waals surface area contributed by atoms with Crippen molar-refractivity contribution in [3.63, 3.8) is 0 Å². The Bertz CT molecular complexity index is 496. The number of hydrogen-bond donors (Lipinski definition) is 0. The summed E-state index contributed by atoms with van der Waals surface area (Å²) in [5.74, 6) is 0.860. The van der Waals surface area contributed by atoms with Crippen LogP contribution in [0.3, 0.4) is 0 Å². The van der Waals surface area contributed by atoms with Gasteiger partial charge in [-0.1, -0.05) is 23.7 Å². The number of likely N-dealkylation sites (tertiary alicyclic amines) is 2. The van der Waals surface area contributed by atoms with Crippen LogP contribution >= 0.6 is 11.6 Å². The molecule has 2 bridgehead atoms. The van der Waals surface area contributed by atoms with Gasteiger partial charge in [-0.3, -0.25) is 14.6 Å². The summed E-state index contributed by atoms with van der Waals surface area (Å²) in [6.07, 6.45) is 0. The Morgan fingerprint density at radius 2 is 1.67 bits per heavy atom. The van der Waals surface area contributed by atoms with E-state index in [-0.39, 0.29) is 11.8 Å². The predicted octanol–water partition coefficient (Wildman–Crippen LogP) is 2.68. The Balaban J connectivity index is 1.66. The van der Waals surface area contributed by atoms with E-state index in [0.717, 1.165) is 37.7 Å². The van der Waals surface area contributed by atoms with Crippen LogP contribution in [0.4, 0.5) is 0 Å². The third kappa shape index (κ3) is 3.31. The topological polar surface area (TPSA) is 23.6 Å². The second-order valence-electron chi connectivity index (χ2n) is 6.66. The highest BCUT2D eigenvalue weighted by atomic mass is 35.5. The van der Waals surface area contributed by atoms with Gasteiger partial charge in [-0.15, -0.1) is 0 Å². The van der Waals surface area contributed by atoms with Gasteiger partial charge in [0.1, 0.15) is 5.78 Å². The Morgan fingerprint density at radius 1 is 1.10 bits per heavy atom. The summed E-state index contributed by atoms with van der Waals surface area (Å²) in [7, 11) is 0. The van der Waals surface area contributed by atoms with E-state index in [9.17, 15) is 4.79 Å². The number of Topliss-reactive ketones (excluding diaryl/α,β-unsaturated/α-hetero) is 1. The van der Waals surface area contributed by atoms with E-state index in [1.54, 1.807) is 0 Å². The van der Waals surface area contributed by atoms with Crippen molar-refractivity contribution in [2.75, 3.05) is 26.2 Å². The maximum Gasteiger partial charge on any atom is 0.144 e. The van der Waals surface area contributed by atoms with Gasteiger partial charge in [0.2, 0.25) is 0 Å². The molecule has 3 rings (SSSR count). The monoisotopic (exact) mass is 306 g/mol. The van der Waals surface area contributed by atoms with Gasteiger partial charge in [-0.2, -0.15) is 0 Å². The third-order valence-electron chi connectivity index (χ3n) is 4.72. The van der Waals surface area contributed by atoms with Crippen LogP contribution in [-0.2, 0) is 11.3 Å². The van der Waals surface area contributed by atoms with Crippen molar-refractivity contribution < 1.29 is 4.79 Å². The first kappa shape index (κ1) is 15.0. The van der Waals surface area contributed by atoms with Crippen LogP contribution in [0, 0.1) is 11.8 Å². The Morgan fingerprint density at radius 3 is 2.19 bits per heavy atom. The summed E-state index contributed by atoms with van der Waals surface area (Å²) in [5, 5.41) is 0.775. The lowest BCUT2D eigenvalue weighted by molar-refractivity contribution is -0.138. The van der Waals surface area contributed by atoms with Crippen molar-refractivity contribution in [1.29, 1.82) is 0 Å². The molecule has 2 heterocycles. The molecule has 2 saturated heterocycles. The van der Waals surface area contributed by atoms with Crippen LogP contribution in [0.5, 0.6) is 0 Å². The molecule has 1 aromatic rings. The third-order valence-corrected chi connectivity index (χ3v) is 4.97. The fourth-order valence-electron chi connectivity index (χ4n) is 3.55. The molecule has 1 aromatic carbocycles. The van der Waals surface area contributed by atoms with E-state index >= 15 is 0 Å². The van der Waals surface area contributed by atoms with Crippen molar-refractivity contribution in [3.8, 4) is 0 Å². The number of benzene rings is 1. The zero-order valence-corrected chi connectivity index (χ0v) is 13.5. The fourth-order valence-corrected chi connectivity index (χ4v) is 3.67. The summed E-state index contributed by atoms with van der Waals surface area (Å²) in [6.45, 7) is 8.98. The summed E-state index contributed by atoms with van der Waals surface area (Å²) < 4.78 is 0. The quantitative estimate of drug-likeness (QED) is 0.858. The van der Waals surface area contributed by atoms with Crippen molar-refractivity contribution >= 4 is 17.4 Å². The minimum Gasteiger partial charge on any atom is -0.299 e. The Kier molecular flexibility index (Phi) is 4.34. The average Bonchev–Trinajstić information content (AvgIpc) is 2.42. The van der Waals surface area contributed by atoms with Gasteiger partial charge in [-0.05, 0) is 31.5 Å². The molecule has 3 nitrogen and oxygen atoms in total. The molecular weight excluding hydrogens is 284 g/mol. The van der Waals surface area contributed by atoms with Gasteiger partial charge in [-0.25, -0.2) is 0 Å². The molecule has 4 heteroatoms. The zero-order chi connectivity index (χ0) is 15.0. The molecule has 2 fully saturated rings. The number of halogens is 1. The molecule has 0 aromatic heterocycles. The molecular formula is C17H23ClN2O. The molecule has 0 aliphatic carbocycles. The van der Waals surface area contributed by atoms with Gasteiger partial charge in [0.15, 0.2) is 0 Å². The number of carbonyl (C=O) groups is 1. The fraction of sp³-hybridized carbons (Fsp3) is 0.588. The summed E-state index contributed by atoms with van der Waals surface area (Å²) in [4.78, 5) is 17.2. The molecule has 0 radical (unpaired) electrons. The van der Waals surface area contributed by atoms with Crippen LogP contribution in [0.2, 0.25) is 5.02 Å². The van der Waals surface area contributed by atoms with Gasteiger partial charge < -0.3 is 0 Å². The zero-order valence-electron chi connectivity index (χ0n) is 12.8. The van der Waals surface area contributed by atoms with Gasteiger partial charge in [0.25, 0.3) is 0 Å². The second kappa shape index (κ2) is 6.07.